The quantitative estimate of drug-likeness (QED) is 0.268. The molecule has 0 bridgehead atoms. The molecule has 2 aromatic carbocycles. The normalized spacial score (nSPS) is 17.4. The molecular formula is C25H29NO7. The lowest BCUT2D eigenvalue weighted by molar-refractivity contribution is -0.140. The number of rotatable bonds is 9. The molecule has 2 aromatic rings. The van der Waals surface area contributed by atoms with Gasteiger partial charge in [0.1, 0.15) is 11.5 Å². The van der Waals surface area contributed by atoms with Gasteiger partial charge in [0, 0.05) is 31.4 Å². The number of ketones is 1. The second-order valence-electron chi connectivity index (χ2n) is 7.60. The molecule has 1 N–H and O–H groups in total. The van der Waals surface area contributed by atoms with E-state index in [0.717, 1.165) is 0 Å². The van der Waals surface area contributed by atoms with Crippen molar-refractivity contribution in [1.29, 1.82) is 0 Å². The van der Waals surface area contributed by atoms with Gasteiger partial charge in [-0.25, -0.2) is 0 Å². The van der Waals surface area contributed by atoms with E-state index in [-0.39, 0.29) is 17.9 Å². The van der Waals surface area contributed by atoms with E-state index in [2.05, 4.69) is 0 Å². The predicted molar refractivity (Wildman–Crippen MR) is 123 cm³/mol. The van der Waals surface area contributed by atoms with Gasteiger partial charge in [0.2, 0.25) is 0 Å². The Bertz CT molecular complexity index is 1080. The summed E-state index contributed by atoms with van der Waals surface area (Å²) in [5.41, 5.74) is 1.68. The number of para-hydroxylation sites is 1. The fourth-order valence-electron chi connectivity index (χ4n) is 4.11. The van der Waals surface area contributed by atoms with E-state index in [1.165, 1.54) is 19.1 Å². The Hall–Kier alpha value is -3.52. The van der Waals surface area contributed by atoms with Crippen molar-refractivity contribution in [2.75, 3.05) is 41.6 Å². The first kappa shape index (κ1) is 24.1. The molecule has 0 radical (unpaired) electrons. The topological polar surface area (TPSA) is 94.5 Å². The monoisotopic (exact) mass is 455 g/mol. The molecule has 33 heavy (non-hydrogen) atoms. The van der Waals surface area contributed by atoms with Gasteiger partial charge in [0.05, 0.1) is 32.9 Å². The molecule has 1 aliphatic rings. The van der Waals surface area contributed by atoms with Gasteiger partial charge < -0.3 is 29.0 Å². The first-order chi connectivity index (χ1) is 15.9. The summed E-state index contributed by atoms with van der Waals surface area (Å²) >= 11 is 0. The Balaban J connectivity index is 2.24. The first-order valence-electron chi connectivity index (χ1n) is 10.5. The minimum absolute atomic E-state index is 0.00256. The SMILES string of the molecule is COCCCN1C(=O)C(=O)/C(=C(/O)c2ccc(OC)cc2C)C1c1cccc(OC)c1OC. The smallest absolute Gasteiger partial charge is 0.295 e. The number of aliphatic hydroxyl groups is 1. The van der Waals surface area contributed by atoms with Crippen molar-refractivity contribution in [1.82, 2.24) is 4.90 Å². The molecule has 1 unspecified atom stereocenters. The van der Waals surface area contributed by atoms with Crippen LogP contribution in [0.2, 0.25) is 0 Å². The molecule has 0 aliphatic carbocycles. The van der Waals surface area contributed by atoms with Crippen LogP contribution in [0, 0.1) is 6.92 Å². The van der Waals surface area contributed by atoms with Crippen molar-refractivity contribution in [2.45, 2.75) is 19.4 Å². The van der Waals surface area contributed by atoms with Gasteiger partial charge in [0.15, 0.2) is 11.5 Å². The van der Waals surface area contributed by atoms with Gasteiger partial charge >= 0.3 is 0 Å². The zero-order chi connectivity index (χ0) is 24.1. The average Bonchev–Trinajstić information content (AvgIpc) is 3.07. The number of likely N-dealkylation sites (tertiary alicyclic amines) is 1. The van der Waals surface area contributed by atoms with Crippen LogP contribution in [0.25, 0.3) is 5.76 Å². The number of Topliss-reactive ketones (excluding diaryl/α,β-unsaturated/α-hetero) is 1. The fourth-order valence-corrected chi connectivity index (χ4v) is 4.11. The zero-order valence-electron chi connectivity index (χ0n) is 19.5. The molecule has 176 valence electrons. The lowest BCUT2D eigenvalue weighted by Crippen LogP contribution is -2.31. The number of methoxy groups -OCH3 is 4. The first-order valence-corrected chi connectivity index (χ1v) is 10.5. The summed E-state index contributed by atoms with van der Waals surface area (Å²) < 4.78 is 21.4. The molecule has 1 saturated heterocycles. The Kier molecular flexibility index (Phi) is 7.60. The number of hydrogen-bond acceptors (Lipinski definition) is 7. The lowest BCUT2D eigenvalue weighted by Gasteiger charge is -2.27. The fraction of sp³-hybridized carbons (Fsp3) is 0.360. The van der Waals surface area contributed by atoms with Crippen molar-refractivity contribution in [3.8, 4) is 17.2 Å². The van der Waals surface area contributed by atoms with Crippen LogP contribution in [-0.4, -0.2) is 63.3 Å². The summed E-state index contributed by atoms with van der Waals surface area (Å²) in [6, 6.07) is 9.51. The Morgan fingerprint density at radius 3 is 2.39 bits per heavy atom. The lowest BCUT2D eigenvalue weighted by atomic mass is 9.93. The number of nitrogens with zero attached hydrogens (tertiary/aromatic N) is 1. The Morgan fingerprint density at radius 1 is 1.03 bits per heavy atom. The number of carbonyl (C=O) groups excluding carboxylic acids is 2. The molecule has 8 nitrogen and oxygen atoms in total. The number of carbonyl (C=O) groups is 2. The van der Waals surface area contributed by atoms with Crippen LogP contribution in [0.4, 0.5) is 0 Å². The minimum atomic E-state index is -0.853. The zero-order valence-corrected chi connectivity index (χ0v) is 19.5. The second-order valence-corrected chi connectivity index (χ2v) is 7.60. The molecule has 1 heterocycles. The maximum absolute atomic E-state index is 13.2. The van der Waals surface area contributed by atoms with E-state index in [9.17, 15) is 14.7 Å². The number of aryl methyl sites for hydroxylation is 1. The molecule has 1 fully saturated rings. The van der Waals surface area contributed by atoms with Gasteiger partial charge in [-0.1, -0.05) is 12.1 Å². The maximum Gasteiger partial charge on any atom is 0.295 e. The average molecular weight is 456 g/mol. The summed E-state index contributed by atoms with van der Waals surface area (Å²) in [6.45, 7) is 2.48. The molecule has 0 spiro atoms. The third kappa shape index (κ3) is 4.52. The molecule has 3 rings (SSSR count). The van der Waals surface area contributed by atoms with Gasteiger partial charge in [0.25, 0.3) is 11.7 Å². The van der Waals surface area contributed by atoms with Gasteiger partial charge in [-0.05, 0) is 43.2 Å². The molecule has 0 saturated carbocycles. The number of aliphatic hydroxyl groups excluding tert-OH is 1. The van der Waals surface area contributed by atoms with Crippen LogP contribution < -0.4 is 14.2 Å². The third-order valence-corrected chi connectivity index (χ3v) is 5.70. The van der Waals surface area contributed by atoms with Crippen molar-refractivity contribution in [3.05, 3.63) is 58.7 Å². The van der Waals surface area contributed by atoms with Gasteiger partial charge in [-0.3, -0.25) is 9.59 Å². The second kappa shape index (κ2) is 10.4. The van der Waals surface area contributed by atoms with E-state index in [1.807, 2.05) is 0 Å². The van der Waals surface area contributed by atoms with Crippen molar-refractivity contribution >= 4 is 17.4 Å². The van der Waals surface area contributed by atoms with Crippen molar-refractivity contribution < 1.29 is 33.6 Å². The molecule has 1 amide bonds. The Labute approximate surface area is 193 Å². The minimum Gasteiger partial charge on any atom is -0.507 e. The molecule has 1 atom stereocenters. The summed E-state index contributed by atoms with van der Waals surface area (Å²) in [6.07, 6.45) is 0.522. The maximum atomic E-state index is 13.2. The van der Waals surface area contributed by atoms with Gasteiger partial charge in [-0.15, -0.1) is 0 Å². The number of hydrogen-bond donors (Lipinski definition) is 1. The third-order valence-electron chi connectivity index (χ3n) is 5.70. The highest BCUT2D eigenvalue weighted by molar-refractivity contribution is 6.46. The van der Waals surface area contributed by atoms with Crippen LogP contribution >= 0.6 is 0 Å². The van der Waals surface area contributed by atoms with Crippen LogP contribution in [0.15, 0.2) is 42.0 Å². The standard InChI is InChI=1S/C25H29NO7/c1-15-14-16(31-3)10-11-17(15)22(27)20-21(18-8-6-9-19(32-4)24(18)33-5)26(12-7-13-30-2)25(29)23(20)28/h6,8-11,14,21,27H,7,12-13H2,1-5H3/b22-20+. The highest BCUT2D eigenvalue weighted by atomic mass is 16.5. The molecular weight excluding hydrogens is 426 g/mol. The molecule has 0 aromatic heterocycles. The summed E-state index contributed by atoms with van der Waals surface area (Å²) in [5, 5.41) is 11.3. The number of ether oxygens (including phenoxy) is 4. The summed E-state index contributed by atoms with van der Waals surface area (Å²) in [7, 11) is 6.13. The van der Waals surface area contributed by atoms with Crippen LogP contribution in [0.3, 0.4) is 0 Å². The predicted octanol–water partition coefficient (Wildman–Crippen LogP) is 3.48. The summed E-state index contributed by atoms with van der Waals surface area (Å²) in [4.78, 5) is 27.7. The molecule has 8 heteroatoms. The van der Waals surface area contributed by atoms with Crippen LogP contribution in [-0.2, 0) is 14.3 Å². The highest BCUT2D eigenvalue weighted by Gasteiger charge is 2.47. The number of benzene rings is 2. The van der Waals surface area contributed by atoms with E-state index < -0.39 is 17.7 Å². The summed E-state index contributed by atoms with van der Waals surface area (Å²) in [5.74, 6) is -0.226. The Morgan fingerprint density at radius 2 is 1.79 bits per heavy atom. The van der Waals surface area contributed by atoms with E-state index in [4.69, 9.17) is 18.9 Å². The highest BCUT2D eigenvalue weighted by Crippen LogP contribution is 2.45. The van der Waals surface area contributed by atoms with Crippen LogP contribution in [0.1, 0.15) is 29.2 Å². The van der Waals surface area contributed by atoms with Gasteiger partial charge in [-0.2, -0.15) is 0 Å². The van der Waals surface area contributed by atoms with Crippen molar-refractivity contribution in [2.24, 2.45) is 0 Å². The number of amides is 1. The molecule has 1 aliphatic heterocycles. The van der Waals surface area contributed by atoms with E-state index in [0.29, 0.717) is 47.0 Å². The van der Waals surface area contributed by atoms with E-state index in [1.54, 1.807) is 57.5 Å². The van der Waals surface area contributed by atoms with E-state index >= 15 is 0 Å². The largest absolute Gasteiger partial charge is 0.507 e. The van der Waals surface area contributed by atoms with Crippen molar-refractivity contribution in [3.63, 3.8) is 0 Å². The van der Waals surface area contributed by atoms with Crippen LogP contribution in [0.5, 0.6) is 17.2 Å².